The zero-order valence-electron chi connectivity index (χ0n) is 18.5. The van der Waals surface area contributed by atoms with Crippen molar-refractivity contribution in [3.05, 3.63) is 50.4 Å². The van der Waals surface area contributed by atoms with Gasteiger partial charge in [0.15, 0.2) is 5.52 Å². The molecule has 176 valence electrons. The highest BCUT2D eigenvalue weighted by molar-refractivity contribution is 6.42. The summed E-state index contributed by atoms with van der Waals surface area (Å²) in [5, 5.41) is 12.2. The van der Waals surface area contributed by atoms with E-state index in [2.05, 4.69) is 30.6 Å². The van der Waals surface area contributed by atoms with E-state index in [1.165, 1.54) is 12.8 Å². The van der Waals surface area contributed by atoms with E-state index in [1.54, 1.807) is 18.3 Å². The summed E-state index contributed by atoms with van der Waals surface area (Å²) in [6, 6.07) is 5.65. The molecule has 8 nitrogen and oxygen atoms in total. The molecule has 0 radical (unpaired) electrons. The van der Waals surface area contributed by atoms with Gasteiger partial charge in [0.05, 0.1) is 22.3 Å². The van der Waals surface area contributed by atoms with Crippen LogP contribution in [-0.2, 0) is 6.54 Å². The number of aromatic nitrogens is 4. The minimum atomic E-state index is -0.176. The van der Waals surface area contributed by atoms with E-state index in [1.807, 2.05) is 10.7 Å². The number of anilines is 1. The molecule has 0 bridgehead atoms. The Morgan fingerprint density at radius 2 is 2.00 bits per heavy atom. The number of aromatic amines is 1. The number of piperidine rings is 2. The average Bonchev–Trinajstić information content (AvgIpc) is 3.26. The van der Waals surface area contributed by atoms with E-state index in [-0.39, 0.29) is 11.6 Å². The highest BCUT2D eigenvalue weighted by atomic mass is 35.5. The zero-order valence-corrected chi connectivity index (χ0v) is 20.0. The average molecular weight is 490 g/mol. The van der Waals surface area contributed by atoms with E-state index >= 15 is 0 Å². The quantitative estimate of drug-likeness (QED) is 0.489. The summed E-state index contributed by atoms with van der Waals surface area (Å²) in [4.78, 5) is 22.9. The molecule has 0 saturated carbocycles. The Balaban J connectivity index is 1.24. The first-order valence-corrected chi connectivity index (χ1v) is 12.4. The summed E-state index contributed by atoms with van der Waals surface area (Å²) in [5.41, 5.74) is 1.92. The van der Waals surface area contributed by atoms with E-state index in [4.69, 9.17) is 23.2 Å². The van der Waals surface area contributed by atoms with Gasteiger partial charge in [0, 0.05) is 26.2 Å². The van der Waals surface area contributed by atoms with Gasteiger partial charge in [0.1, 0.15) is 5.52 Å². The first kappa shape index (κ1) is 22.7. The Bertz CT molecular complexity index is 1160. The number of rotatable bonds is 6. The Labute approximate surface area is 202 Å². The SMILES string of the molecule is O=c1[nH]c(NCc2ccc(Cl)c(Cl)c2)nc2cnn(C3CCN(CC4CCCNC4)CC3)c12. The van der Waals surface area contributed by atoms with Crippen molar-refractivity contribution in [1.29, 1.82) is 0 Å². The van der Waals surface area contributed by atoms with E-state index in [0.717, 1.165) is 57.0 Å². The van der Waals surface area contributed by atoms with Crippen LogP contribution in [0.25, 0.3) is 11.0 Å². The summed E-state index contributed by atoms with van der Waals surface area (Å²) in [6.07, 6.45) is 6.27. The van der Waals surface area contributed by atoms with E-state index in [0.29, 0.717) is 33.6 Å². The predicted molar refractivity (Wildman–Crippen MR) is 132 cm³/mol. The molecule has 2 saturated heterocycles. The van der Waals surface area contributed by atoms with Crippen molar-refractivity contribution < 1.29 is 0 Å². The molecule has 3 aromatic rings. The number of likely N-dealkylation sites (tertiary alicyclic amines) is 1. The lowest BCUT2D eigenvalue weighted by Gasteiger charge is -2.35. The maximum Gasteiger partial charge on any atom is 0.278 e. The molecule has 10 heteroatoms. The third kappa shape index (κ3) is 5.19. The van der Waals surface area contributed by atoms with Gasteiger partial charge in [-0.05, 0) is 62.4 Å². The van der Waals surface area contributed by atoms with Gasteiger partial charge >= 0.3 is 0 Å². The number of benzene rings is 1. The van der Waals surface area contributed by atoms with Crippen molar-refractivity contribution in [2.75, 3.05) is 38.0 Å². The van der Waals surface area contributed by atoms with Crippen molar-refractivity contribution >= 4 is 40.2 Å². The molecule has 0 spiro atoms. The molecule has 3 N–H and O–H groups in total. The molecule has 1 atom stereocenters. The summed E-state index contributed by atoms with van der Waals surface area (Å²) in [5.74, 6) is 1.16. The van der Waals surface area contributed by atoms with Crippen LogP contribution in [0.5, 0.6) is 0 Å². The second kappa shape index (κ2) is 10.0. The Hall–Kier alpha value is -2.13. The topological polar surface area (TPSA) is 90.9 Å². The van der Waals surface area contributed by atoms with Crippen LogP contribution in [0.3, 0.4) is 0 Å². The molecule has 0 aliphatic carbocycles. The fourth-order valence-corrected chi connectivity index (χ4v) is 5.28. The third-order valence-electron chi connectivity index (χ3n) is 6.72. The fraction of sp³-hybridized carbons (Fsp3) is 0.522. The van der Waals surface area contributed by atoms with Crippen LogP contribution in [0.1, 0.15) is 37.3 Å². The number of fused-ring (bicyclic) bond motifs is 1. The molecule has 5 rings (SSSR count). The van der Waals surface area contributed by atoms with Gasteiger partial charge in [-0.15, -0.1) is 0 Å². The monoisotopic (exact) mass is 489 g/mol. The minimum Gasteiger partial charge on any atom is -0.352 e. The number of H-pyrrole nitrogens is 1. The Morgan fingerprint density at radius 1 is 1.15 bits per heavy atom. The molecule has 2 aromatic heterocycles. The lowest BCUT2D eigenvalue weighted by molar-refractivity contribution is 0.149. The lowest BCUT2D eigenvalue weighted by Crippen LogP contribution is -2.42. The smallest absolute Gasteiger partial charge is 0.278 e. The standard InChI is InChI=1S/C23H29Cl2N7O/c24-18-4-3-15(10-19(18)25)12-27-23-29-20-13-28-32(21(20)22(33)30-23)17-5-8-31(9-6-17)14-16-2-1-7-26-11-16/h3-4,10,13,16-17,26H,1-2,5-9,11-12,14H2,(H2,27,29,30,33). The van der Waals surface area contributed by atoms with Crippen molar-refractivity contribution in [2.24, 2.45) is 5.92 Å². The highest BCUT2D eigenvalue weighted by Gasteiger charge is 2.26. The highest BCUT2D eigenvalue weighted by Crippen LogP contribution is 2.26. The van der Waals surface area contributed by atoms with Crippen LogP contribution in [0.2, 0.25) is 10.0 Å². The van der Waals surface area contributed by atoms with Crippen LogP contribution in [-0.4, -0.2) is 57.4 Å². The van der Waals surface area contributed by atoms with Gasteiger partial charge in [-0.25, -0.2) is 4.98 Å². The third-order valence-corrected chi connectivity index (χ3v) is 7.46. The van der Waals surface area contributed by atoms with E-state index in [9.17, 15) is 4.79 Å². The van der Waals surface area contributed by atoms with Gasteiger partial charge in [-0.1, -0.05) is 29.3 Å². The first-order chi connectivity index (χ1) is 16.1. The second-order valence-corrected chi connectivity index (χ2v) is 9.90. The van der Waals surface area contributed by atoms with Gasteiger partial charge in [0.2, 0.25) is 5.95 Å². The molecule has 33 heavy (non-hydrogen) atoms. The zero-order chi connectivity index (χ0) is 22.8. The molecule has 2 fully saturated rings. The molecule has 1 aromatic carbocycles. The number of nitrogens with zero attached hydrogens (tertiary/aromatic N) is 4. The van der Waals surface area contributed by atoms with Gasteiger partial charge in [-0.3, -0.25) is 14.5 Å². The Kier molecular flexibility index (Phi) is 6.87. The number of hydrogen-bond acceptors (Lipinski definition) is 6. The summed E-state index contributed by atoms with van der Waals surface area (Å²) in [7, 11) is 0. The number of halogens is 2. The molecule has 1 unspecified atom stereocenters. The normalized spacial score (nSPS) is 20.4. The maximum atomic E-state index is 12.9. The molecule has 2 aliphatic heterocycles. The molecule has 2 aliphatic rings. The minimum absolute atomic E-state index is 0.176. The largest absolute Gasteiger partial charge is 0.352 e. The van der Waals surface area contributed by atoms with Crippen molar-refractivity contribution in [2.45, 2.75) is 38.3 Å². The van der Waals surface area contributed by atoms with Crippen LogP contribution < -0.4 is 16.2 Å². The lowest BCUT2D eigenvalue weighted by atomic mass is 9.97. The summed E-state index contributed by atoms with van der Waals surface area (Å²) < 4.78 is 1.88. The van der Waals surface area contributed by atoms with E-state index < -0.39 is 0 Å². The molecular formula is C23H29Cl2N7O. The molecule has 4 heterocycles. The van der Waals surface area contributed by atoms with Crippen molar-refractivity contribution in [3.63, 3.8) is 0 Å². The maximum absolute atomic E-state index is 12.9. The molecule has 0 amide bonds. The van der Waals surface area contributed by atoms with Gasteiger partial charge in [-0.2, -0.15) is 5.10 Å². The van der Waals surface area contributed by atoms with Crippen molar-refractivity contribution in [3.8, 4) is 0 Å². The second-order valence-electron chi connectivity index (χ2n) is 9.08. The summed E-state index contributed by atoms with van der Waals surface area (Å²) in [6.45, 7) is 5.99. The number of hydrogen-bond donors (Lipinski definition) is 3. The van der Waals surface area contributed by atoms with Gasteiger partial charge in [0.25, 0.3) is 5.56 Å². The first-order valence-electron chi connectivity index (χ1n) is 11.7. The van der Waals surface area contributed by atoms with Gasteiger partial charge < -0.3 is 15.5 Å². The van der Waals surface area contributed by atoms with Crippen LogP contribution in [0.4, 0.5) is 5.95 Å². The number of nitrogens with one attached hydrogen (secondary N) is 3. The fourth-order valence-electron chi connectivity index (χ4n) is 4.96. The van der Waals surface area contributed by atoms with Crippen molar-refractivity contribution in [1.82, 2.24) is 30.0 Å². The van der Waals surface area contributed by atoms with Crippen LogP contribution in [0.15, 0.2) is 29.2 Å². The van der Waals surface area contributed by atoms with Crippen LogP contribution >= 0.6 is 23.2 Å². The Morgan fingerprint density at radius 3 is 2.76 bits per heavy atom. The summed E-state index contributed by atoms with van der Waals surface area (Å²) >= 11 is 12.1. The predicted octanol–water partition coefficient (Wildman–Crippen LogP) is 3.68. The van der Waals surface area contributed by atoms with Crippen LogP contribution in [0, 0.1) is 5.92 Å². The molecular weight excluding hydrogens is 461 g/mol.